The van der Waals surface area contributed by atoms with Gasteiger partial charge >= 0.3 is 0 Å². The SMILES string of the molecule is c1ccc(-c2cccc(N(c3ccc(-c4ccc5c(c4)-c4ccccc4C54c5ccccc5Oc5ccccc54)cc3)c3ccc(-c4cccc5c4-c4ccccc4C54c5ccccc5Oc5ccccc54)cc3)c2)cc1. The quantitative estimate of drug-likeness (QED) is 0.166. The van der Waals surface area contributed by atoms with Crippen molar-refractivity contribution in [3.05, 3.63) is 330 Å². The second-order valence-electron chi connectivity index (χ2n) is 20.6. The van der Waals surface area contributed by atoms with Crippen LogP contribution < -0.4 is 14.4 Å². The van der Waals surface area contributed by atoms with Gasteiger partial charge in [0.2, 0.25) is 0 Å². The maximum absolute atomic E-state index is 6.64. The number of fused-ring (bicyclic) bond motifs is 18. The van der Waals surface area contributed by atoms with E-state index in [9.17, 15) is 0 Å². The Kier molecular flexibility index (Phi) is 9.47. The van der Waals surface area contributed by atoms with Crippen molar-refractivity contribution in [1.82, 2.24) is 0 Å². The molecule has 0 radical (unpaired) electrons. The molecule has 12 aromatic rings. The summed E-state index contributed by atoms with van der Waals surface area (Å²) in [4.78, 5) is 2.39. The molecule has 0 saturated heterocycles. The van der Waals surface area contributed by atoms with Crippen molar-refractivity contribution >= 4 is 17.1 Å². The fraction of sp³-hybridized carbons (Fsp3) is 0.0270. The van der Waals surface area contributed by atoms with Gasteiger partial charge in [0.1, 0.15) is 23.0 Å². The van der Waals surface area contributed by atoms with Gasteiger partial charge in [-0.15, -0.1) is 0 Å². The first kappa shape index (κ1) is 43.4. The van der Waals surface area contributed by atoms with Crippen molar-refractivity contribution in [3.63, 3.8) is 0 Å². The Morgan fingerprint density at radius 2 is 0.610 bits per heavy atom. The molecule has 0 amide bonds. The van der Waals surface area contributed by atoms with Crippen LogP contribution in [-0.2, 0) is 10.8 Å². The van der Waals surface area contributed by atoms with Crippen molar-refractivity contribution in [2.45, 2.75) is 10.8 Å². The first-order chi connectivity index (χ1) is 38.2. The molecule has 0 saturated carbocycles. The molecular weight excluding hydrogens is 935 g/mol. The Labute approximate surface area is 448 Å². The summed E-state index contributed by atoms with van der Waals surface area (Å²) in [6.07, 6.45) is 0. The number of para-hydroxylation sites is 4. The number of benzene rings is 12. The highest BCUT2D eigenvalue weighted by Crippen LogP contribution is 2.65. The minimum absolute atomic E-state index is 0.499. The van der Waals surface area contributed by atoms with Crippen LogP contribution in [0.25, 0.3) is 55.6 Å². The number of rotatable bonds is 6. The molecule has 0 atom stereocenters. The number of ether oxygens (including phenoxy) is 2. The lowest BCUT2D eigenvalue weighted by atomic mass is 9.66. The van der Waals surface area contributed by atoms with Crippen molar-refractivity contribution in [2.75, 3.05) is 4.90 Å². The molecule has 0 bridgehead atoms. The normalized spacial score (nSPS) is 13.9. The van der Waals surface area contributed by atoms with Crippen LogP contribution >= 0.6 is 0 Å². The average molecular weight is 982 g/mol. The molecule has 4 aliphatic rings. The molecule has 16 rings (SSSR count). The molecule has 12 aromatic carbocycles. The second kappa shape index (κ2) is 16.8. The molecule has 2 heterocycles. The predicted octanol–water partition coefficient (Wildman–Crippen LogP) is 19.1. The third-order valence-corrected chi connectivity index (χ3v) is 16.8. The molecule has 0 fully saturated rings. The van der Waals surface area contributed by atoms with Crippen LogP contribution in [0.4, 0.5) is 17.1 Å². The van der Waals surface area contributed by atoms with E-state index < -0.39 is 10.8 Å². The number of hydrogen-bond acceptors (Lipinski definition) is 3. The van der Waals surface area contributed by atoms with Gasteiger partial charge < -0.3 is 14.4 Å². The van der Waals surface area contributed by atoms with Crippen molar-refractivity contribution in [1.29, 1.82) is 0 Å². The van der Waals surface area contributed by atoms with E-state index in [1.54, 1.807) is 0 Å². The van der Waals surface area contributed by atoms with E-state index in [4.69, 9.17) is 9.47 Å². The summed E-state index contributed by atoms with van der Waals surface area (Å²) in [6.45, 7) is 0. The van der Waals surface area contributed by atoms with Crippen LogP contribution in [0, 0.1) is 0 Å². The summed E-state index contributed by atoms with van der Waals surface area (Å²) in [5.74, 6) is 3.59. The van der Waals surface area contributed by atoms with Gasteiger partial charge in [-0.3, -0.25) is 0 Å². The van der Waals surface area contributed by atoms with Crippen molar-refractivity contribution in [3.8, 4) is 78.6 Å². The van der Waals surface area contributed by atoms with Gasteiger partial charge in [-0.25, -0.2) is 0 Å². The zero-order chi connectivity index (χ0) is 50.7. The van der Waals surface area contributed by atoms with Crippen molar-refractivity contribution < 1.29 is 9.47 Å². The molecule has 2 spiro atoms. The molecule has 0 unspecified atom stereocenters. The average Bonchev–Trinajstić information content (AvgIpc) is 4.21. The number of nitrogens with zero attached hydrogens (tertiary/aromatic N) is 1. The lowest BCUT2D eigenvalue weighted by molar-refractivity contribution is 0.436. The highest BCUT2D eigenvalue weighted by molar-refractivity contribution is 5.97. The highest BCUT2D eigenvalue weighted by atomic mass is 16.5. The summed E-state index contributed by atoms with van der Waals surface area (Å²) in [5.41, 5.74) is 24.0. The maximum atomic E-state index is 6.64. The van der Waals surface area contributed by atoms with Crippen LogP contribution in [0.3, 0.4) is 0 Å². The standard InChI is InChI=1S/C74H47NO2/c1-2-18-48(19-3-1)51-20-16-21-55(46-51)75(53-41-36-49(37-42-53)52-40-45-62-59(47-52)57-22-4-6-25-60(57)73(62)63-27-8-12-32-68(63)76-69-33-13-9-28-64(69)73)54-43-38-50(39-44-54)56-24-17-31-67-72(56)58-23-5-7-26-61(58)74(67)65-29-10-14-34-70(65)77-71-35-15-11-30-66(71)74/h1-47H. The van der Waals surface area contributed by atoms with Crippen LogP contribution in [0.5, 0.6) is 23.0 Å². The zero-order valence-electron chi connectivity index (χ0n) is 41.9. The van der Waals surface area contributed by atoms with E-state index >= 15 is 0 Å². The third kappa shape index (κ3) is 6.20. The largest absolute Gasteiger partial charge is 0.457 e. The zero-order valence-corrected chi connectivity index (χ0v) is 41.9. The second-order valence-corrected chi connectivity index (χ2v) is 20.6. The molecule has 3 nitrogen and oxygen atoms in total. The van der Waals surface area contributed by atoms with Gasteiger partial charge in [-0.2, -0.15) is 0 Å². The lowest BCUT2D eigenvalue weighted by Crippen LogP contribution is -2.32. The van der Waals surface area contributed by atoms with Gasteiger partial charge in [-0.05, 0) is 145 Å². The summed E-state index contributed by atoms with van der Waals surface area (Å²) in [6, 6.07) is 104. The fourth-order valence-corrected chi connectivity index (χ4v) is 13.7. The molecule has 0 N–H and O–H groups in total. The minimum Gasteiger partial charge on any atom is -0.457 e. The number of hydrogen-bond donors (Lipinski definition) is 0. The molecule has 360 valence electrons. The topological polar surface area (TPSA) is 21.7 Å². The Bertz CT molecular complexity index is 4250. The van der Waals surface area contributed by atoms with Crippen LogP contribution in [0.2, 0.25) is 0 Å². The van der Waals surface area contributed by atoms with Crippen molar-refractivity contribution in [2.24, 2.45) is 0 Å². The molecule has 0 aromatic heterocycles. The summed E-state index contributed by atoms with van der Waals surface area (Å²) in [5, 5.41) is 0. The number of anilines is 3. The minimum atomic E-state index is -0.532. The molecular formula is C74H47NO2. The molecule has 2 aliphatic heterocycles. The van der Waals surface area contributed by atoms with E-state index in [-0.39, 0.29) is 0 Å². The summed E-state index contributed by atoms with van der Waals surface area (Å²) < 4.78 is 13.2. The Balaban J connectivity index is 0.808. The predicted molar refractivity (Wildman–Crippen MR) is 312 cm³/mol. The van der Waals surface area contributed by atoms with Gasteiger partial charge in [0, 0.05) is 39.3 Å². The maximum Gasteiger partial charge on any atom is 0.132 e. The van der Waals surface area contributed by atoms with Gasteiger partial charge in [0.15, 0.2) is 0 Å². The highest BCUT2D eigenvalue weighted by Gasteiger charge is 2.53. The van der Waals surface area contributed by atoms with Crippen LogP contribution in [0.15, 0.2) is 285 Å². The third-order valence-electron chi connectivity index (χ3n) is 16.8. The summed E-state index contributed by atoms with van der Waals surface area (Å²) in [7, 11) is 0. The van der Waals surface area contributed by atoms with Gasteiger partial charge in [0.25, 0.3) is 0 Å². The first-order valence-electron chi connectivity index (χ1n) is 26.6. The van der Waals surface area contributed by atoms with E-state index in [0.29, 0.717) is 0 Å². The van der Waals surface area contributed by atoms with E-state index in [2.05, 4.69) is 290 Å². The van der Waals surface area contributed by atoms with Crippen LogP contribution in [0.1, 0.15) is 44.5 Å². The van der Waals surface area contributed by atoms with Gasteiger partial charge in [-0.1, -0.05) is 218 Å². The fourth-order valence-electron chi connectivity index (χ4n) is 13.7. The molecule has 2 aliphatic carbocycles. The Morgan fingerprint density at radius 3 is 1.21 bits per heavy atom. The molecule has 77 heavy (non-hydrogen) atoms. The smallest absolute Gasteiger partial charge is 0.132 e. The Hall–Kier alpha value is -9.96. The van der Waals surface area contributed by atoms with E-state index in [0.717, 1.165) is 56.8 Å². The monoisotopic (exact) mass is 981 g/mol. The van der Waals surface area contributed by atoms with Crippen LogP contribution in [-0.4, -0.2) is 0 Å². The lowest BCUT2D eigenvalue weighted by Gasteiger charge is -2.39. The first-order valence-corrected chi connectivity index (χ1v) is 26.6. The van der Waals surface area contributed by atoms with E-state index in [1.807, 2.05) is 0 Å². The summed E-state index contributed by atoms with van der Waals surface area (Å²) >= 11 is 0. The Morgan fingerprint density at radius 1 is 0.221 bits per heavy atom. The van der Waals surface area contributed by atoms with Gasteiger partial charge in [0.05, 0.1) is 10.8 Å². The van der Waals surface area contributed by atoms with E-state index in [1.165, 1.54) is 83.5 Å². The molecule has 3 heteroatoms.